The number of unbranched alkanes of at least 4 members (excludes halogenated alkanes) is 1. The molecule has 1 amide bonds. The molecule has 0 heterocycles. The molecule has 0 radical (unpaired) electrons. The lowest BCUT2D eigenvalue weighted by Crippen LogP contribution is -2.33. The summed E-state index contributed by atoms with van der Waals surface area (Å²) >= 11 is 0. The van der Waals surface area contributed by atoms with Gasteiger partial charge in [-0.25, -0.2) is 4.79 Å². The Morgan fingerprint density at radius 3 is 2.00 bits per heavy atom. The Labute approximate surface area is 133 Å². The standard InChI is InChI=1S/C16H31NO5/c1-15(2,3)21-13(18)9-12-20-11-8-7-10-17-14(19)22-16(4,5)6/h7-12H2,1-6H3,(H,17,19). The van der Waals surface area contributed by atoms with Crippen LogP contribution in [0.25, 0.3) is 0 Å². The van der Waals surface area contributed by atoms with Crippen LogP contribution in [0.15, 0.2) is 0 Å². The van der Waals surface area contributed by atoms with Gasteiger partial charge in [0.2, 0.25) is 0 Å². The third-order valence-electron chi connectivity index (χ3n) is 2.25. The van der Waals surface area contributed by atoms with E-state index in [0.29, 0.717) is 19.8 Å². The van der Waals surface area contributed by atoms with Crippen LogP contribution in [0.2, 0.25) is 0 Å². The number of nitrogens with one attached hydrogen (secondary N) is 1. The minimum absolute atomic E-state index is 0.251. The summed E-state index contributed by atoms with van der Waals surface area (Å²) in [5.74, 6) is -0.251. The maximum Gasteiger partial charge on any atom is 0.407 e. The van der Waals surface area contributed by atoms with Gasteiger partial charge in [0.25, 0.3) is 0 Å². The molecule has 1 N–H and O–H groups in total. The first kappa shape index (κ1) is 20.7. The van der Waals surface area contributed by atoms with Crippen LogP contribution in [0.5, 0.6) is 0 Å². The number of carbonyl (C=O) groups is 2. The van der Waals surface area contributed by atoms with Crippen molar-refractivity contribution in [2.45, 2.75) is 72.0 Å². The van der Waals surface area contributed by atoms with E-state index in [1.54, 1.807) is 0 Å². The Hall–Kier alpha value is -1.30. The number of esters is 1. The van der Waals surface area contributed by atoms with Crippen LogP contribution in [-0.2, 0) is 19.0 Å². The van der Waals surface area contributed by atoms with E-state index in [0.717, 1.165) is 12.8 Å². The van der Waals surface area contributed by atoms with Gasteiger partial charge in [0, 0.05) is 13.2 Å². The van der Waals surface area contributed by atoms with Crippen molar-refractivity contribution in [3.8, 4) is 0 Å². The number of carbonyl (C=O) groups excluding carboxylic acids is 2. The van der Waals surface area contributed by atoms with Crippen LogP contribution in [0.4, 0.5) is 4.79 Å². The summed E-state index contributed by atoms with van der Waals surface area (Å²) in [5.41, 5.74) is -0.931. The molecule has 0 saturated carbocycles. The maximum atomic E-state index is 11.4. The highest BCUT2D eigenvalue weighted by Crippen LogP contribution is 2.08. The Kier molecular flexibility index (Phi) is 9.09. The predicted octanol–water partition coefficient (Wildman–Crippen LogP) is 3.04. The summed E-state index contributed by atoms with van der Waals surface area (Å²) < 4.78 is 15.6. The van der Waals surface area contributed by atoms with Crippen molar-refractivity contribution in [2.75, 3.05) is 19.8 Å². The van der Waals surface area contributed by atoms with Gasteiger partial charge in [-0.2, -0.15) is 0 Å². The lowest BCUT2D eigenvalue weighted by atomic mass is 10.2. The quantitative estimate of drug-likeness (QED) is 0.550. The molecule has 0 aliphatic rings. The van der Waals surface area contributed by atoms with Crippen molar-refractivity contribution in [3.05, 3.63) is 0 Å². The SMILES string of the molecule is CC(C)(C)OC(=O)CCOCCCCNC(=O)OC(C)(C)C. The molecule has 22 heavy (non-hydrogen) atoms. The van der Waals surface area contributed by atoms with Gasteiger partial charge in [0.1, 0.15) is 11.2 Å². The molecular formula is C16H31NO5. The molecular weight excluding hydrogens is 286 g/mol. The topological polar surface area (TPSA) is 73.9 Å². The van der Waals surface area contributed by atoms with Gasteiger partial charge in [-0.15, -0.1) is 0 Å². The van der Waals surface area contributed by atoms with Gasteiger partial charge < -0.3 is 19.5 Å². The minimum atomic E-state index is -0.477. The molecule has 0 atom stereocenters. The molecule has 0 unspecified atom stereocenters. The predicted molar refractivity (Wildman–Crippen MR) is 84.8 cm³/mol. The van der Waals surface area contributed by atoms with Gasteiger partial charge >= 0.3 is 12.1 Å². The van der Waals surface area contributed by atoms with Gasteiger partial charge in [-0.1, -0.05) is 0 Å². The fraction of sp³-hybridized carbons (Fsp3) is 0.875. The van der Waals surface area contributed by atoms with E-state index < -0.39 is 17.3 Å². The van der Waals surface area contributed by atoms with E-state index in [9.17, 15) is 9.59 Å². The third kappa shape index (κ3) is 15.1. The molecule has 0 aromatic rings. The Morgan fingerprint density at radius 1 is 0.864 bits per heavy atom. The highest BCUT2D eigenvalue weighted by molar-refractivity contribution is 5.69. The second-order valence-corrected chi connectivity index (χ2v) is 7.08. The molecule has 130 valence electrons. The fourth-order valence-electron chi connectivity index (χ4n) is 1.48. The molecule has 6 heteroatoms. The molecule has 0 bridgehead atoms. The van der Waals surface area contributed by atoms with Crippen molar-refractivity contribution >= 4 is 12.1 Å². The van der Waals surface area contributed by atoms with E-state index in [4.69, 9.17) is 14.2 Å². The van der Waals surface area contributed by atoms with E-state index in [1.807, 2.05) is 41.5 Å². The Balaban J connectivity index is 3.45. The van der Waals surface area contributed by atoms with Gasteiger partial charge in [0.15, 0.2) is 0 Å². The minimum Gasteiger partial charge on any atom is -0.460 e. The van der Waals surface area contributed by atoms with Crippen LogP contribution in [0, 0.1) is 0 Å². The van der Waals surface area contributed by atoms with Crippen LogP contribution in [0.3, 0.4) is 0 Å². The van der Waals surface area contributed by atoms with Crippen LogP contribution < -0.4 is 5.32 Å². The summed E-state index contributed by atoms with van der Waals surface area (Å²) in [6.45, 7) is 12.4. The first-order valence-electron chi connectivity index (χ1n) is 7.76. The number of amides is 1. The Morgan fingerprint density at radius 2 is 1.45 bits per heavy atom. The second-order valence-electron chi connectivity index (χ2n) is 7.08. The first-order chi connectivity index (χ1) is 9.99. The maximum absolute atomic E-state index is 11.4. The highest BCUT2D eigenvalue weighted by atomic mass is 16.6. The van der Waals surface area contributed by atoms with E-state index >= 15 is 0 Å². The number of rotatable bonds is 8. The molecule has 6 nitrogen and oxygen atoms in total. The smallest absolute Gasteiger partial charge is 0.407 e. The number of alkyl carbamates (subject to hydrolysis) is 1. The second kappa shape index (κ2) is 9.66. The van der Waals surface area contributed by atoms with Crippen LogP contribution >= 0.6 is 0 Å². The first-order valence-corrected chi connectivity index (χ1v) is 7.76. The van der Waals surface area contributed by atoms with E-state index in [-0.39, 0.29) is 12.4 Å². The normalized spacial score (nSPS) is 11.9. The molecule has 0 spiro atoms. The monoisotopic (exact) mass is 317 g/mol. The summed E-state index contributed by atoms with van der Waals surface area (Å²) in [4.78, 5) is 22.8. The molecule has 0 fully saturated rings. The largest absolute Gasteiger partial charge is 0.460 e. The lowest BCUT2D eigenvalue weighted by molar-refractivity contribution is -0.156. The van der Waals surface area contributed by atoms with Crippen molar-refractivity contribution < 1.29 is 23.8 Å². The zero-order valence-electron chi connectivity index (χ0n) is 14.8. The van der Waals surface area contributed by atoms with Gasteiger partial charge in [0.05, 0.1) is 13.0 Å². The van der Waals surface area contributed by atoms with E-state index in [2.05, 4.69) is 5.32 Å². The van der Waals surface area contributed by atoms with Crippen molar-refractivity contribution in [1.29, 1.82) is 0 Å². The summed E-state index contributed by atoms with van der Waals surface area (Å²) in [5, 5.41) is 2.68. The summed E-state index contributed by atoms with van der Waals surface area (Å²) in [6.07, 6.45) is 1.46. The van der Waals surface area contributed by atoms with Crippen molar-refractivity contribution in [3.63, 3.8) is 0 Å². The van der Waals surface area contributed by atoms with Gasteiger partial charge in [-0.3, -0.25) is 4.79 Å². The number of hydrogen-bond acceptors (Lipinski definition) is 5. The molecule has 0 saturated heterocycles. The van der Waals surface area contributed by atoms with E-state index in [1.165, 1.54) is 0 Å². The van der Waals surface area contributed by atoms with Crippen LogP contribution in [0.1, 0.15) is 60.8 Å². The fourth-order valence-corrected chi connectivity index (χ4v) is 1.48. The van der Waals surface area contributed by atoms with Crippen molar-refractivity contribution in [2.24, 2.45) is 0 Å². The molecule has 0 aliphatic carbocycles. The highest BCUT2D eigenvalue weighted by Gasteiger charge is 2.16. The average Bonchev–Trinajstić information content (AvgIpc) is 2.27. The third-order valence-corrected chi connectivity index (χ3v) is 2.25. The zero-order valence-corrected chi connectivity index (χ0v) is 14.8. The molecule has 0 aromatic heterocycles. The Bertz CT molecular complexity index is 307. The molecule has 0 aromatic carbocycles. The summed E-state index contributed by atoms with van der Waals surface area (Å²) in [7, 11) is 0. The van der Waals surface area contributed by atoms with Crippen LogP contribution in [-0.4, -0.2) is 43.0 Å². The lowest BCUT2D eigenvalue weighted by Gasteiger charge is -2.19. The number of hydrogen-bond donors (Lipinski definition) is 1. The molecule has 0 aliphatic heterocycles. The average molecular weight is 317 g/mol. The van der Waals surface area contributed by atoms with Crippen molar-refractivity contribution in [1.82, 2.24) is 5.32 Å². The molecule has 0 rings (SSSR count). The summed E-state index contributed by atoms with van der Waals surface area (Å²) in [6, 6.07) is 0. The number of ether oxygens (including phenoxy) is 3. The zero-order chi connectivity index (χ0) is 17.2. The van der Waals surface area contributed by atoms with Gasteiger partial charge in [-0.05, 0) is 54.4 Å².